The largest absolute Gasteiger partial charge is 0.445 e. The van der Waals surface area contributed by atoms with E-state index in [9.17, 15) is 4.79 Å². The van der Waals surface area contributed by atoms with Crippen LogP contribution in [-0.4, -0.2) is 26.4 Å². The lowest BCUT2D eigenvalue weighted by molar-refractivity contribution is 0.125. The number of nitrogens with zero attached hydrogens (tertiary/aromatic N) is 3. The molecule has 42 heavy (non-hydrogen) atoms. The molecule has 0 aliphatic rings. The van der Waals surface area contributed by atoms with Crippen LogP contribution in [0, 0.1) is 0 Å². The van der Waals surface area contributed by atoms with E-state index in [2.05, 4.69) is 92.0 Å². The SMILES string of the molecule is CCCC[C@](C)(Cc1ncnn1C(c1ccccc1)(c1ccccc1)c1ccccc1)NC(=O)OCc1ccccc1. The van der Waals surface area contributed by atoms with E-state index in [-0.39, 0.29) is 6.61 Å². The fraction of sp³-hybridized carbons (Fsp3) is 0.250. The van der Waals surface area contributed by atoms with Crippen LogP contribution in [-0.2, 0) is 23.3 Å². The number of ether oxygens (including phenoxy) is 1. The maximum atomic E-state index is 13.1. The number of nitrogens with one attached hydrogen (secondary N) is 1. The summed E-state index contributed by atoms with van der Waals surface area (Å²) >= 11 is 0. The standard InChI is InChI=1S/C36H38N4O2/c1-3-4-25-35(2,39-34(41)42-27-29-17-9-5-10-18-29)26-33-37-28-38-40(33)36(30-19-11-6-12-20-30,31-21-13-7-14-22-31)32-23-15-8-16-24-32/h5-24,28H,3-4,25-27H2,1-2H3,(H,39,41)/t35-/m1/s1. The number of aromatic nitrogens is 3. The second kappa shape index (κ2) is 13.3. The van der Waals surface area contributed by atoms with Crippen molar-refractivity contribution in [2.75, 3.05) is 0 Å². The van der Waals surface area contributed by atoms with Gasteiger partial charge < -0.3 is 10.1 Å². The Kier molecular flexibility index (Phi) is 9.12. The van der Waals surface area contributed by atoms with Gasteiger partial charge in [0, 0.05) is 12.0 Å². The zero-order chi connectivity index (χ0) is 29.3. The van der Waals surface area contributed by atoms with Gasteiger partial charge in [-0.2, -0.15) is 5.10 Å². The Morgan fingerprint density at radius 1 is 0.786 bits per heavy atom. The molecular formula is C36H38N4O2. The minimum absolute atomic E-state index is 0.214. The number of carbonyl (C=O) groups is 1. The van der Waals surface area contributed by atoms with Crippen molar-refractivity contribution in [1.29, 1.82) is 0 Å². The molecule has 4 aromatic carbocycles. The predicted molar refractivity (Wildman–Crippen MR) is 166 cm³/mol. The monoisotopic (exact) mass is 558 g/mol. The van der Waals surface area contributed by atoms with Gasteiger partial charge in [-0.15, -0.1) is 0 Å². The third-order valence-electron chi connectivity index (χ3n) is 7.76. The molecule has 1 aromatic heterocycles. The molecule has 0 aliphatic carbocycles. The third kappa shape index (κ3) is 6.28. The molecule has 1 N–H and O–H groups in total. The summed E-state index contributed by atoms with van der Waals surface area (Å²) in [4.78, 5) is 17.9. The molecule has 1 amide bonds. The molecule has 6 nitrogen and oxygen atoms in total. The highest BCUT2D eigenvalue weighted by atomic mass is 16.5. The van der Waals surface area contributed by atoms with Crippen LogP contribution < -0.4 is 5.32 Å². The molecule has 1 heterocycles. The van der Waals surface area contributed by atoms with Gasteiger partial charge in [0.25, 0.3) is 0 Å². The van der Waals surface area contributed by atoms with Gasteiger partial charge in [-0.1, -0.05) is 141 Å². The first-order chi connectivity index (χ1) is 20.5. The molecule has 0 saturated heterocycles. The van der Waals surface area contributed by atoms with Gasteiger partial charge in [-0.05, 0) is 35.6 Å². The van der Waals surface area contributed by atoms with Gasteiger partial charge in [0.15, 0.2) is 0 Å². The van der Waals surface area contributed by atoms with Gasteiger partial charge in [-0.3, -0.25) is 0 Å². The Labute approximate surface area is 248 Å². The van der Waals surface area contributed by atoms with Crippen molar-refractivity contribution in [2.24, 2.45) is 0 Å². The predicted octanol–water partition coefficient (Wildman–Crippen LogP) is 7.54. The van der Waals surface area contributed by atoms with E-state index < -0.39 is 17.2 Å². The average Bonchev–Trinajstić information content (AvgIpc) is 3.49. The van der Waals surface area contributed by atoms with Crippen LogP contribution in [0.5, 0.6) is 0 Å². The minimum atomic E-state index is -0.783. The highest BCUT2D eigenvalue weighted by molar-refractivity contribution is 5.68. The number of unbranched alkanes of at least 4 members (excludes halogenated alkanes) is 1. The molecule has 6 heteroatoms. The van der Waals surface area contributed by atoms with Gasteiger partial charge in [-0.25, -0.2) is 14.5 Å². The highest BCUT2D eigenvalue weighted by Gasteiger charge is 2.42. The van der Waals surface area contributed by atoms with Crippen LogP contribution in [0.25, 0.3) is 0 Å². The van der Waals surface area contributed by atoms with Crippen molar-refractivity contribution in [1.82, 2.24) is 20.1 Å². The molecule has 214 valence electrons. The number of alkyl carbamates (subject to hydrolysis) is 1. The van der Waals surface area contributed by atoms with Gasteiger partial charge >= 0.3 is 6.09 Å². The summed E-state index contributed by atoms with van der Waals surface area (Å²) in [6.45, 7) is 4.44. The van der Waals surface area contributed by atoms with Crippen molar-refractivity contribution in [2.45, 2.75) is 57.2 Å². The molecule has 5 aromatic rings. The number of carbonyl (C=O) groups excluding carboxylic acids is 1. The highest BCUT2D eigenvalue weighted by Crippen LogP contribution is 2.41. The summed E-state index contributed by atoms with van der Waals surface area (Å²) in [5, 5.41) is 8.09. The van der Waals surface area contributed by atoms with Crippen LogP contribution in [0.3, 0.4) is 0 Å². The molecule has 0 unspecified atom stereocenters. The smallest absolute Gasteiger partial charge is 0.407 e. The van der Waals surface area contributed by atoms with E-state index in [0.717, 1.165) is 47.3 Å². The average molecular weight is 559 g/mol. The van der Waals surface area contributed by atoms with Gasteiger partial charge in [0.2, 0.25) is 0 Å². The first-order valence-corrected chi connectivity index (χ1v) is 14.6. The zero-order valence-electron chi connectivity index (χ0n) is 24.3. The summed E-state index contributed by atoms with van der Waals surface area (Å²) < 4.78 is 7.67. The van der Waals surface area contributed by atoms with Gasteiger partial charge in [0.1, 0.15) is 24.3 Å². The van der Waals surface area contributed by atoms with Crippen molar-refractivity contribution in [3.63, 3.8) is 0 Å². The fourth-order valence-corrected chi connectivity index (χ4v) is 5.69. The topological polar surface area (TPSA) is 69.0 Å². The van der Waals surface area contributed by atoms with Crippen LogP contribution in [0.15, 0.2) is 128 Å². The summed E-state index contributed by atoms with van der Waals surface area (Å²) in [6.07, 6.45) is 4.37. The zero-order valence-corrected chi connectivity index (χ0v) is 24.3. The summed E-state index contributed by atoms with van der Waals surface area (Å²) in [6, 6.07) is 41.0. The summed E-state index contributed by atoms with van der Waals surface area (Å²) in [7, 11) is 0. The minimum Gasteiger partial charge on any atom is -0.445 e. The molecule has 0 radical (unpaired) electrons. The number of hydrogen-bond acceptors (Lipinski definition) is 4. The first kappa shape index (κ1) is 28.8. The Morgan fingerprint density at radius 3 is 1.79 bits per heavy atom. The quantitative estimate of drug-likeness (QED) is 0.161. The molecule has 0 bridgehead atoms. The third-order valence-corrected chi connectivity index (χ3v) is 7.76. The van der Waals surface area contributed by atoms with Crippen molar-refractivity contribution < 1.29 is 9.53 Å². The lowest BCUT2D eigenvalue weighted by atomic mass is 9.76. The molecule has 1 atom stereocenters. The van der Waals surface area contributed by atoms with Crippen LogP contribution in [0.2, 0.25) is 0 Å². The Balaban J connectivity index is 1.56. The van der Waals surface area contributed by atoms with E-state index in [1.165, 1.54) is 0 Å². The van der Waals surface area contributed by atoms with E-state index in [4.69, 9.17) is 14.8 Å². The summed E-state index contributed by atoms with van der Waals surface area (Å²) in [5.74, 6) is 0.772. The number of hydrogen-bond donors (Lipinski definition) is 1. The van der Waals surface area contributed by atoms with E-state index in [0.29, 0.717) is 6.42 Å². The van der Waals surface area contributed by atoms with E-state index in [1.807, 2.05) is 53.2 Å². The van der Waals surface area contributed by atoms with E-state index in [1.54, 1.807) is 6.33 Å². The molecule has 0 aliphatic heterocycles. The van der Waals surface area contributed by atoms with Crippen molar-refractivity contribution in [3.05, 3.63) is 156 Å². The van der Waals surface area contributed by atoms with Gasteiger partial charge in [0.05, 0.1) is 0 Å². The van der Waals surface area contributed by atoms with Crippen molar-refractivity contribution >= 4 is 6.09 Å². The van der Waals surface area contributed by atoms with E-state index >= 15 is 0 Å². The first-order valence-electron chi connectivity index (χ1n) is 14.6. The normalized spacial score (nSPS) is 12.8. The molecule has 0 saturated carbocycles. The Bertz CT molecular complexity index is 1440. The molecule has 0 spiro atoms. The van der Waals surface area contributed by atoms with Crippen LogP contribution in [0.4, 0.5) is 4.79 Å². The Hall–Kier alpha value is -4.71. The molecule has 5 rings (SSSR count). The lowest BCUT2D eigenvalue weighted by Crippen LogP contribution is -2.49. The Morgan fingerprint density at radius 2 is 1.29 bits per heavy atom. The maximum Gasteiger partial charge on any atom is 0.407 e. The molecular weight excluding hydrogens is 520 g/mol. The van der Waals surface area contributed by atoms with Crippen LogP contribution in [0.1, 0.15) is 61.2 Å². The second-order valence-electron chi connectivity index (χ2n) is 10.9. The lowest BCUT2D eigenvalue weighted by Gasteiger charge is -2.38. The number of rotatable bonds is 12. The second-order valence-corrected chi connectivity index (χ2v) is 10.9. The number of amides is 1. The number of benzene rings is 4. The molecule has 0 fully saturated rings. The fourth-order valence-electron chi connectivity index (χ4n) is 5.69. The maximum absolute atomic E-state index is 13.1. The summed E-state index contributed by atoms with van der Waals surface area (Å²) in [5.41, 5.74) is 2.76. The van der Waals surface area contributed by atoms with Crippen LogP contribution >= 0.6 is 0 Å². The van der Waals surface area contributed by atoms with Crippen molar-refractivity contribution in [3.8, 4) is 0 Å².